The molecule has 0 spiro atoms. The first-order valence-corrected chi connectivity index (χ1v) is 5.97. The SMILES string of the molecule is CC(=O)Nc1c(C)cc(C(O)(C(F)(F)F)C(F)(F)F)cc1C. The Kier molecular flexibility index (Phi) is 4.53. The number of amides is 1. The Morgan fingerprint density at radius 1 is 1.00 bits per heavy atom. The van der Waals surface area contributed by atoms with Crippen molar-refractivity contribution in [2.24, 2.45) is 0 Å². The van der Waals surface area contributed by atoms with Crippen molar-refractivity contribution in [1.82, 2.24) is 0 Å². The highest BCUT2D eigenvalue weighted by Gasteiger charge is 2.71. The zero-order chi connectivity index (χ0) is 17.5. The normalized spacial score (nSPS) is 13.2. The lowest BCUT2D eigenvalue weighted by atomic mass is 9.89. The zero-order valence-corrected chi connectivity index (χ0v) is 11.8. The monoisotopic (exact) mass is 329 g/mol. The number of carbonyl (C=O) groups is 1. The molecule has 1 amide bonds. The highest BCUT2D eigenvalue weighted by Crippen LogP contribution is 2.50. The Labute approximate surface area is 121 Å². The number of hydrogen-bond acceptors (Lipinski definition) is 2. The summed E-state index contributed by atoms with van der Waals surface area (Å²) in [4.78, 5) is 11.0. The van der Waals surface area contributed by atoms with Gasteiger partial charge in [0.2, 0.25) is 5.91 Å². The van der Waals surface area contributed by atoms with Crippen LogP contribution in [0.1, 0.15) is 23.6 Å². The smallest absolute Gasteiger partial charge is 0.369 e. The second kappa shape index (κ2) is 5.45. The molecule has 0 aliphatic carbocycles. The van der Waals surface area contributed by atoms with E-state index in [1.54, 1.807) is 0 Å². The summed E-state index contributed by atoms with van der Waals surface area (Å²) >= 11 is 0. The number of carbonyl (C=O) groups excluding carboxylic acids is 1. The van der Waals surface area contributed by atoms with Crippen LogP contribution >= 0.6 is 0 Å². The maximum atomic E-state index is 12.8. The highest BCUT2D eigenvalue weighted by atomic mass is 19.4. The van der Waals surface area contributed by atoms with E-state index in [9.17, 15) is 36.2 Å². The van der Waals surface area contributed by atoms with Gasteiger partial charge in [-0.1, -0.05) is 12.1 Å². The Morgan fingerprint density at radius 2 is 1.36 bits per heavy atom. The van der Waals surface area contributed by atoms with Gasteiger partial charge in [-0.25, -0.2) is 0 Å². The molecule has 0 aliphatic heterocycles. The Bertz CT molecular complexity index is 554. The predicted octanol–water partition coefficient (Wildman–Crippen LogP) is 3.57. The summed E-state index contributed by atoms with van der Waals surface area (Å²) in [5.41, 5.74) is -6.29. The third kappa shape index (κ3) is 3.03. The van der Waals surface area contributed by atoms with E-state index in [0.717, 1.165) is 6.92 Å². The molecule has 0 bridgehead atoms. The van der Waals surface area contributed by atoms with E-state index >= 15 is 0 Å². The van der Waals surface area contributed by atoms with Gasteiger partial charge in [0, 0.05) is 18.2 Å². The molecule has 0 radical (unpaired) electrons. The van der Waals surface area contributed by atoms with E-state index in [2.05, 4.69) is 5.32 Å². The van der Waals surface area contributed by atoms with Crippen LogP contribution in [-0.4, -0.2) is 23.4 Å². The number of aryl methyl sites for hydroxylation is 2. The Balaban J connectivity index is 3.58. The molecule has 124 valence electrons. The third-order valence-corrected chi connectivity index (χ3v) is 3.07. The lowest BCUT2D eigenvalue weighted by Gasteiger charge is -2.33. The van der Waals surface area contributed by atoms with Crippen molar-refractivity contribution in [3.05, 3.63) is 28.8 Å². The van der Waals surface area contributed by atoms with Gasteiger partial charge >= 0.3 is 12.4 Å². The molecule has 0 atom stereocenters. The maximum Gasteiger partial charge on any atom is 0.430 e. The minimum absolute atomic E-state index is 0.0304. The summed E-state index contributed by atoms with van der Waals surface area (Å²) in [6, 6.07) is 1.11. The van der Waals surface area contributed by atoms with Gasteiger partial charge in [-0.05, 0) is 25.0 Å². The molecule has 0 saturated carbocycles. The molecule has 0 aliphatic rings. The van der Waals surface area contributed by atoms with E-state index in [4.69, 9.17) is 0 Å². The van der Waals surface area contributed by atoms with Crippen molar-refractivity contribution in [2.45, 2.75) is 38.7 Å². The van der Waals surface area contributed by atoms with Crippen molar-refractivity contribution < 1.29 is 36.2 Å². The van der Waals surface area contributed by atoms with Gasteiger partial charge in [-0.15, -0.1) is 0 Å². The number of benzene rings is 1. The summed E-state index contributed by atoms with van der Waals surface area (Å²) in [6.45, 7) is 3.61. The summed E-state index contributed by atoms with van der Waals surface area (Å²) in [7, 11) is 0. The molecule has 2 N–H and O–H groups in total. The number of anilines is 1. The molecule has 0 fully saturated rings. The summed E-state index contributed by atoms with van der Waals surface area (Å²) in [5, 5.41) is 11.7. The van der Waals surface area contributed by atoms with Gasteiger partial charge in [0.05, 0.1) is 0 Å². The number of halogens is 6. The first-order valence-electron chi connectivity index (χ1n) is 5.97. The van der Waals surface area contributed by atoms with Crippen molar-refractivity contribution in [1.29, 1.82) is 0 Å². The molecule has 22 heavy (non-hydrogen) atoms. The van der Waals surface area contributed by atoms with Crippen LogP contribution in [0.15, 0.2) is 12.1 Å². The molecule has 1 aromatic rings. The number of alkyl halides is 6. The van der Waals surface area contributed by atoms with Crippen LogP contribution in [0, 0.1) is 13.8 Å². The largest absolute Gasteiger partial charge is 0.430 e. The number of hydrogen-bond donors (Lipinski definition) is 2. The quantitative estimate of drug-likeness (QED) is 0.815. The molecule has 1 aromatic carbocycles. The van der Waals surface area contributed by atoms with Crippen LogP contribution in [0.5, 0.6) is 0 Å². The Morgan fingerprint density at radius 3 is 1.64 bits per heavy atom. The molecule has 3 nitrogen and oxygen atoms in total. The molecule has 9 heteroatoms. The topological polar surface area (TPSA) is 49.3 Å². The van der Waals surface area contributed by atoms with Gasteiger partial charge in [0.25, 0.3) is 5.60 Å². The van der Waals surface area contributed by atoms with Crippen molar-refractivity contribution in [3.63, 3.8) is 0 Å². The second-order valence-electron chi connectivity index (χ2n) is 4.87. The van der Waals surface area contributed by atoms with Crippen LogP contribution in [0.4, 0.5) is 32.0 Å². The van der Waals surface area contributed by atoms with Crippen molar-refractivity contribution in [2.75, 3.05) is 5.32 Å². The van der Waals surface area contributed by atoms with Gasteiger partial charge in [-0.3, -0.25) is 4.79 Å². The summed E-state index contributed by atoms with van der Waals surface area (Å²) < 4.78 is 76.9. The number of rotatable bonds is 2. The average molecular weight is 329 g/mol. The number of aliphatic hydroxyl groups is 1. The molecular weight excluding hydrogens is 316 g/mol. The standard InChI is InChI=1S/C13H13F6NO2/c1-6-4-9(5-7(2)10(6)20-8(3)21)11(22,12(14,15)16)13(17,18)19/h4-5,22H,1-3H3,(H,20,21). The fourth-order valence-corrected chi connectivity index (χ4v) is 2.03. The maximum absolute atomic E-state index is 12.8. The zero-order valence-electron chi connectivity index (χ0n) is 11.8. The highest BCUT2D eigenvalue weighted by molar-refractivity contribution is 5.90. The number of nitrogens with one attached hydrogen (secondary N) is 1. The lowest BCUT2D eigenvalue weighted by Crippen LogP contribution is -2.54. The molecule has 0 saturated heterocycles. The van der Waals surface area contributed by atoms with Crippen LogP contribution in [0.25, 0.3) is 0 Å². The van der Waals surface area contributed by atoms with E-state index in [1.807, 2.05) is 0 Å². The van der Waals surface area contributed by atoms with Crippen LogP contribution in [0.2, 0.25) is 0 Å². The van der Waals surface area contributed by atoms with E-state index in [-0.39, 0.29) is 16.8 Å². The minimum Gasteiger partial charge on any atom is -0.369 e. The molecule has 0 heterocycles. The minimum atomic E-state index is -5.94. The molecule has 0 unspecified atom stereocenters. The van der Waals surface area contributed by atoms with Crippen LogP contribution in [0.3, 0.4) is 0 Å². The van der Waals surface area contributed by atoms with E-state index in [1.165, 1.54) is 13.8 Å². The van der Waals surface area contributed by atoms with Gasteiger partial charge in [0.15, 0.2) is 0 Å². The fourth-order valence-electron chi connectivity index (χ4n) is 2.03. The molecule has 1 rings (SSSR count). The first kappa shape index (κ1) is 18.3. The fraction of sp³-hybridized carbons (Fsp3) is 0.462. The van der Waals surface area contributed by atoms with Gasteiger partial charge in [0.1, 0.15) is 0 Å². The summed E-state index contributed by atoms with van der Waals surface area (Å²) in [6.07, 6.45) is -11.9. The molecular formula is C13H13F6NO2. The van der Waals surface area contributed by atoms with Gasteiger partial charge < -0.3 is 10.4 Å². The van der Waals surface area contributed by atoms with Crippen LogP contribution in [-0.2, 0) is 10.4 Å². The summed E-state index contributed by atoms with van der Waals surface area (Å²) in [5.74, 6) is -0.527. The molecule has 0 aromatic heterocycles. The van der Waals surface area contributed by atoms with E-state index in [0.29, 0.717) is 12.1 Å². The lowest BCUT2D eigenvalue weighted by molar-refractivity contribution is -0.376. The Hall–Kier alpha value is -1.77. The predicted molar refractivity (Wildman–Crippen MR) is 66.2 cm³/mol. The van der Waals surface area contributed by atoms with Crippen molar-refractivity contribution in [3.8, 4) is 0 Å². The first-order chi connectivity index (χ1) is 9.71. The average Bonchev–Trinajstić information content (AvgIpc) is 2.29. The van der Waals surface area contributed by atoms with Crippen LogP contribution < -0.4 is 5.32 Å². The van der Waals surface area contributed by atoms with E-state index < -0.39 is 29.4 Å². The van der Waals surface area contributed by atoms with Gasteiger partial charge in [-0.2, -0.15) is 26.3 Å². The second-order valence-corrected chi connectivity index (χ2v) is 4.87. The third-order valence-electron chi connectivity index (χ3n) is 3.07. The van der Waals surface area contributed by atoms with Crippen molar-refractivity contribution >= 4 is 11.6 Å².